The highest BCUT2D eigenvalue weighted by atomic mass is 79.9. The molecule has 3 rings (SSSR count). The maximum Gasteiger partial charge on any atom is 0.196 e. The third-order valence-corrected chi connectivity index (χ3v) is 3.94. The molecule has 1 aliphatic heterocycles. The lowest BCUT2D eigenvalue weighted by Crippen LogP contribution is -2.18. The van der Waals surface area contributed by atoms with Crippen LogP contribution in [0.3, 0.4) is 0 Å². The van der Waals surface area contributed by atoms with Crippen molar-refractivity contribution in [3.05, 3.63) is 56.2 Å². The Morgan fingerprint density at radius 1 is 1.33 bits per heavy atom. The van der Waals surface area contributed by atoms with Crippen LogP contribution in [0.4, 0.5) is 0 Å². The fourth-order valence-corrected chi connectivity index (χ4v) is 2.84. The van der Waals surface area contributed by atoms with Crippen LogP contribution in [0.15, 0.2) is 45.1 Å². The molecule has 2 aromatic rings. The molecule has 0 fully saturated rings. The molecule has 1 aliphatic rings. The molecule has 0 saturated carbocycles. The number of thiophene rings is 1. The lowest BCUT2D eigenvalue weighted by Gasteiger charge is -2.18. The fraction of sp³-hybridized carbons (Fsp3) is 0.0714. The number of fused-ring (bicyclic) bond motifs is 1. The van der Waals surface area contributed by atoms with Crippen LogP contribution >= 0.6 is 27.3 Å². The van der Waals surface area contributed by atoms with E-state index < -0.39 is 0 Å². The first-order valence-electron chi connectivity index (χ1n) is 5.44. The van der Waals surface area contributed by atoms with E-state index in [0.29, 0.717) is 23.5 Å². The normalized spacial score (nSPS) is 16.5. The Labute approximate surface area is 117 Å². The van der Waals surface area contributed by atoms with Gasteiger partial charge in [0.2, 0.25) is 0 Å². The van der Waals surface area contributed by atoms with E-state index >= 15 is 0 Å². The van der Waals surface area contributed by atoms with Gasteiger partial charge in [0.25, 0.3) is 0 Å². The van der Waals surface area contributed by atoms with Crippen LogP contribution in [0.25, 0.3) is 6.08 Å². The summed E-state index contributed by atoms with van der Waals surface area (Å²) in [5, 5.41) is 4.00. The van der Waals surface area contributed by atoms with Gasteiger partial charge in [-0.2, -0.15) is 11.3 Å². The predicted octanol–water partition coefficient (Wildman–Crippen LogP) is 4.17. The molecule has 0 unspecified atom stereocenters. The van der Waals surface area contributed by atoms with Gasteiger partial charge in [-0.3, -0.25) is 4.79 Å². The van der Waals surface area contributed by atoms with Crippen LogP contribution < -0.4 is 4.74 Å². The van der Waals surface area contributed by atoms with E-state index in [9.17, 15) is 4.79 Å². The highest BCUT2D eigenvalue weighted by molar-refractivity contribution is 9.10. The molecule has 0 radical (unpaired) electrons. The molecule has 18 heavy (non-hydrogen) atoms. The van der Waals surface area contributed by atoms with Crippen molar-refractivity contribution < 1.29 is 9.53 Å². The maximum atomic E-state index is 12.3. The van der Waals surface area contributed by atoms with Crippen LogP contribution in [0, 0.1) is 0 Å². The van der Waals surface area contributed by atoms with Crippen molar-refractivity contribution in [1.29, 1.82) is 0 Å². The largest absolute Gasteiger partial charge is 0.488 e. The van der Waals surface area contributed by atoms with Crippen molar-refractivity contribution >= 4 is 39.1 Å². The SMILES string of the molecule is O=C1/C(=C/c2ccsc2)COc2ccc(Br)cc21. The third-order valence-electron chi connectivity index (χ3n) is 2.75. The average Bonchev–Trinajstić information content (AvgIpc) is 2.86. The molecule has 0 aliphatic carbocycles. The lowest BCUT2D eigenvalue weighted by atomic mass is 9.99. The number of hydrogen-bond donors (Lipinski definition) is 0. The molecule has 0 N–H and O–H groups in total. The van der Waals surface area contributed by atoms with E-state index in [1.165, 1.54) is 0 Å². The van der Waals surface area contributed by atoms with Crippen molar-refractivity contribution in [3.8, 4) is 5.75 Å². The molecule has 4 heteroatoms. The summed E-state index contributed by atoms with van der Waals surface area (Å²) >= 11 is 4.99. The van der Waals surface area contributed by atoms with E-state index in [1.807, 2.05) is 35.0 Å². The highest BCUT2D eigenvalue weighted by Crippen LogP contribution is 2.30. The third kappa shape index (κ3) is 2.13. The van der Waals surface area contributed by atoms with Gasteiger partial charge in [0.05, 0.1) is 5.56 Å². The van der Waals surface area contributed by atoms with E-state index in [0.717, 1.165) is 10.0 Å². The Hall–Kier alpha value is -1.39. The second kappa shape index (κ2) is 4.71. The van der Waals surface area contributed by atoms with Crippen LogP contribution in [0.5, 0.6) is 5.75 Å². The molecule has 90 valence electrons. The number of carbonyl (C=O) groups excluding carboxylic acids is 1. The topological polar surface area (TPSA) is 26.3 Å². The van der Waals surface area contributed by atoms with Gasteiger partial charge in [-0.05, 0) is 46.7 Å². The van der Waals surface area contributed by atoms with Gasteiger partial charge in [0.15, 0.2) is 5.78 Å². The number of rotatable bonds is 1. The molecular formula is C14H9BrO2S. The van der Waals surface area contributed by atoms with Gasteiger partial charge in [-0.25, -0.2) is 0 Å². The minimum absolute atomic E-state index is 0.0451. The summed E-state index contributed by atoms with van der Waals surface area (Å²) in [6, 6.07) is 7.48. The summed E-state index contributed by atoms with van der Waals surface area (Å²) in [5.74, 6) is 0.703. The van der Waals surface area contributed by atoms with Crippen LogP contribution in [-0.2, 0) is 0 Å². The number of benzene rings is 1. The fourth-order valence-electron chi connectivity index (χ4n) is 1.87. The van der Waals surface area contributed by atoms with Gasteiger partial charge in [-0.1, -0.05) is 15.9 Å². The lowest BCUT2D eigenvalue weighted by molar-refractivity contribution is 0.100. The van der Waals surface area contributed by atoms with Gasteiger partial charge in [0, 0.05) is 10.0 Å². The van der Waals surface area contributed by atoms with Crippen molar-refractivity contribution in [3.63, 3.8) is 0 Å². The Kier molecular flexibility index (Phi) is 3.06. The molecule has 0 bridgehead atoms. The first-order chi connectivity index (χ1) is 8.74. The van der Waals surface area contributed by atoms with Crippen LogP contribution in [0.1, 0.15) is 15.9 Å². The molecule has 0 saturated heterocycles. The Morgan fingerprint density at radius 3 is 3.00 bits per heavy atom. The van der Waals surface area contributed by atoms with Gasteiger partial charge in [-0.15, -0.1) is 0 Å². The summed E-state index contributed by atoms with van der Waals surface area (Å²) < 4.78 is 6.49. The second-order valence-electron chi connectivity index (χ2n) is 3.98. The predicted molar refractivity (Wildman–Crippen MR) is 76.3 cm³/mol. The standard InChI is InChI=1S/C14H9BrO2S/c15-11-1-2-13-12(6-11)14(16)10(7-17-13)5-9-3-4-18-8-9/h1-6,8H,7H2/b10-5+. The summed E-state index contributed by atoms with van der Waals surface area (Å²) in [5.41, 5.74) is 2.36. The molecule has 0 amide bonds. The van der Waals surface area contributed by atoms with Crippen molar-refractivity contribution in [2.75, 3.05) is 6.61 Å². The van der Waals surface area contributed by atoms with Crippen molar-refractivity contribution in [2.45, 2.75) is 0 Å². The minimum atomic E-state index is 0.0451. The number of Topliss-reactive ketones (excluding diaryl/α,β-unsaturated/α-hetero) is 1. The summed E-state index contributed by atoms with van der Waals surface area (Å²) in [7, 11) is 0. The number of carbonyl (C=O) groups is 1. The van der Waals surface area contributed by atoms with Crippen LogP contribution in [0.2, 0.25) is 0 Å². The molecule has 2 nitrogen and oxygen atoms in total. The molecule has 0 atom stereocenters. The Morgan fingerprint density at radius 2 is 2.22 bits per heavy atom. The number of hydrogen-bond acceptors (Lipinski definition) is 3. The monoisotopic (exact) mass is 320 g/mol. The average molecular weight is 321 g/mol. The van der Waals surface area contributed by atoms with E-state index in [2.05, 4.69) is 15.9 Å². The first kappa shape index (κ1) is 11.7. The van der Waals surface area contributed by atoms with E-state index in [-0.39, 0.29) is 5.78 Å². The number of ether oxygens (including phenoxy) is 1. The first-order valence-corrected chi connectivity index (χ1v) is 7.17. The van der Waals surface area contributed by atoms with Gasteiger partial charge >= 0.3 is 0 Å². The number of ketones is 1. The minimum Gasteiger partial charge on any atom is -0.488 e. The van der Waals surface area contributed by atoms with Crippen molar-refractivity contribution in [2.24, 2.45) is 0 Å². The molecular weight excluding hydrogens is 312 g/mol. The van der Waals surface area contributed by atoms with E-state index in [4.69, 9.17) is 4.74 Å². The number of halogens is 1. The molecule has 0 spiro atoms. The molecule has 1 aromatic heterocycles. The summed E-state index contributed by atoms with van der Waals surface area (Å²) in [4.78, 5) is 12.3. The molecule has 1 aromatic carbocycles. The quantitative estimate of drug-likeness (QED) is 0.737. The highest BCUT2D eigenvalue weighted by Gasteiger charge is 2.23. The van der Waals surface area contributed by atoms with Crippen LogP contribution in [-0.4, -0.2) is 12.4 Å². The zero-order valence-corrected chi connectivity index (χ0v) is 11.8. The Balaban J connectivity index is 2.01. The second-order valence-corrected chi connectivity index (χ2v) is 5.68. The zero-order valence-electron chi connectivity index (χ0n) is 9.35. The van der Waals surface area contributed by atoms with E-state index in [1.54, 1.807) is 17.4 Å². The van der Waals surface area contributed by atoms with Gasteiger partial charge in [0.1, 0.15) is 12.4 Å². The summed E-state index contributed by atoms with van der Waals surface area (Å²) in [6.45, 7) is 0.337. The Bertz CT molecular complexity index is 629. The van der Waals surface area contributed by atoms with Crippen molar-refractivity contribution in [1.82, 2.24) is 0 Å². The van der Waals surface area contributed by atoms with Gasteiger partial charge < -0.3 is 4.74 Å². The molecule has 2 heterocycles. The maximum absolute atomic E-state index is 12.3. The zero-order chi connectivity index (χ0) is 12.5. The smallest absolute Gasteiger partial charge is 0.196 e. The summed E-state index contributed by atoms with van der Waals surface area (Å²) in [6.07, 6.45) is 1.89.